The third kappa shape index (κ3) is 9.12. The largest absolute Gasteiger partial charge is 0.325 e. The van der Waals surface area contributed by atoms with Gasteiger partial charge in [0.25, 0.3) is 0 Å². The second-order valence-electron chi connectivity index (χ2n) is 4.61. The summed E-state index contributed by atoms with van der Waals surface area (Å²) in [6, 6.07) is 0. The minimum atomic E-state index is 0.421. The Hall–Kier alpha value is -0.790. The van der Waals surface area contributed by atoms with Crippen LogP contribution in [-0.2, 0) is 4.79 Å². The fourth-order valence-electron chi connectivity index (χ4n) is 1.03. The molecule has 2 nitrogen and oxygen atoms in total. The smallest absolute Gasteiger partial charge is 0.213 e. The summed E-state index contributed by atoms with van der Waals surface area (Å²) in [5.74, 6) is 0. The summed E-state index contributed by atoms with van der Waals surface area (Å²) in [5.41, 5.74) is 0.421. The van der Waals surface area contributed by atoms with Gasteiger partial charge in [-0.25, -0.2) is 0 Å². The standard InChI is InChI=1S/C11H21NO/c1-11(2,3)8-6-5-7-9-12(4)10-13/h7,9-10H,5-6,8H2,1-4H3/b9-7-. The lowest BCUT2D eigenvalue weighted by molar-refractivity contribution is -0.115. The van der Waals surface area contributed by atoms with Crippen molar-refractivity contribution in [3.63, 3.8) is 0 Å². The second kappa shape index (κ2) is 5.79. The van der Waals surface area contributed by atoms with E-state index in [-0.39, 0.29) is 0 Å². The lowest BCUT2D eigenvalue weighted by Gasteiger charge is -2.16. The van der Waals surface area contributed by atoms with Crippen LogP contribution in [0.4, 0.5) is 0 Å². The molecule has 1 amide bonds. The molecule has 0 aromatic carbocycles. The summed E-state index contributed by atoms with van der Waals surface area (Å²) in [5, 5.41) is 0. The first-order valence-electron chi connectivity index (χ1n) is 4.79. The Morgan fingerprint density at radius 3 is 2.38 bits per heavy atom. The molecule has 2 heteroatoms. The van der Waals surface area contributed by atoms with E-state index in [1.807, 2.05) is 12.3 Å². The van der Waals surface area contributed by atoms with Crippen LogP contribution < -0.4 is 0 Å². The van der Waals surface area contributed by atoms with E-state index in [0.717, 1.165) is 12.8 Å². The van der Waals surface area contributed by atoms with Crippen molar-refractivity contribution in [3.05, 3.63) is 12.3 Å². The molecule has 13 heavy (non-hydrogen) atoms. The molecule has 0 radical (unpaired) electrons. The number of hydrogen-bond donors (Lipinski definition) is 0. The van der Waals surface area contributed by atoms with Gasteiger partial charge in [0, 0.05) is 13.2 Å². The van der Waals surface area contributed by atoms with Crippen molar-refractivity contribution >= 4 is 6.41 Å². The van der Waals surface area contributed by atoms with Crippen molar-refractivity contribution in [2.75, 3.05) is 7.05 Å². The quantitative estimate of drug-likeness (QED) is 0.474. The highest BCUT2D eigenvalue weighted by Crippen LogP contribution is 2.21. The zero-order valence-electron chi connectivity index (χ0n) is 9.21. The maximum Gasteiger partial charge on any atom is 0.213 e. The van der Waals surface area contributed by atoms with Gasteiger partial charge in [-0.05, 0) is 24.7 Å². The SMILES string of the molecule is CN(C=O)/C=C\CCCC(C)(C)C. The van der Waals surface area contributed by atoms with Gasteiger partial charge in [-0.15, -0.1) is 0 Å². The van der Waals surface area contributed by atoms with Crippen LogP contribution in [0.2, 0.25) is 0 Å². The Kier molecular flexibility index (Phi) is 5.44. The molecule has 0 aliphatic carbocycles. The Labute approximate surface area is 81.6 Å². The van der Waals surface area contributed by atoms with Crippen LogP contribution in [0.1, 0.15) is 40.0 Å². The van der Waals surface area contributed by atoms with Crippen LogP contribution in [0.15, 0.2) is 12.3 Å². The molecule has 0 aromatic heterocycles. The van der Waals surface area contributed by atoms with Crippen molar-refractivity contribution < 1.29 is 4.79 Å². The van der Waals surface area contributed by atoms with E-state index in [1.54, 1.807) is 7.05 Å². The molecular formula is C11H21NO. The summed E-state index contributed by atoms with van der Waals surface area (Å²) in [7, 11) is 1.74. The van der Waals surface area contributed by atoms with Crippen molar-refractivity contribution in [1.29, 1.82) is 0 Å². The fourth-order valence-corrected chi connectivity index (χ4v) is 1.03. The summed E-state index contributed by atoms with van der Waals surface area (Å²) in [6.07, 6.45) is 8.13. The molecule has 0 spiro atoms. The Bertz CT molecular complexity index is 167. The predicted octanol–water partition coefficient (Wildman–Crippen LogP) is 2.80. The predicted molar refractivity (Wildman–Crippen MR) is 56.3 cm³/mol. The highest BCUT2D eigenvalue weighted by atomic mass is 16.1. The molecule has 0 bridgehead atoms. The van der Waals surface area contributed by atoms with Crippen LogP contribution in [0.5, 0.6) is 0 Å². The average molecular weight is 183 g/mol. The highest BCUT2D eigenvalue weighted by molar-refractivity contribution is 5.48. The first kappa shape index (κ1) is 12.2. The molecule has 76 valence electrons. The van der Waals surface area contributed by atoms with Crippen LogP contribution in [0.25, 0.3) is 0 Å². The van der Waals surface area contributed by atoms with Gasteiger partial charge in [-0.3, -0.25) is 4.79 Å². The number of unbranched alkanes of at least 4 members (excludes halogenated alkanes) is 1. The normalized spacial score (nSPS) is 12.0. The van der Waals surface area contributed by atoms with Gasteiger partial charge in [0.15, 0.2) is 0 Å². The topological polar surface area (TPSA) is 20.3 Å². The zero-order chi connectivity index (χ0) is 10.3. The van der Waals surface area contributed by atoms with Gasteiger partial charge >= 0.3 is 0 Å². The minimum Gasteiger partial charge on any atom is -0.325 e. The number of carbonyl (C=O) groups excluding carboxylic acids is 1. The Morgan fingerprint density at radius 1 is 1.31 bits per heavy atom. The third-order valence-corrected chi connectivity index (χ3v) is 1.80. The molecule has 0 unspecified atom stereocenters. The van der Waals surface area contributed by atoms with Crippen molar-refractivity contribution in [2.24, 2.45) is 5.41 Å². The summed E-state index contributed by atoms with van der Waals surface area (Å²) < 4.78 is 0. The maximum absolute atomic E-state index is 10.2. The molecule has 0 saturated carbocycles. The van der Waals surface area contributed by atoms with Gasteiger partial charge in [-0.2, -0.15) is 0 Å². The number of amides is 1. The molecule has 0 aliphatic heterocycles. The molecule has 0 heterocycles. The van der Waals surface area contributed by atoms with Gasteiger partial charge in [0.05, 0.1) is 0 Å². The van der Waals surface area contributed by atoms with E-state index in [9.17, 15) is 4.79 Å². The maximum atomic E-state index is 10.2. The van der Waals surface area contributed by atoms with E-state index in [0.29, 0.717) is 5.41 Å². The molecule has 0 aromatic rings. The van der Waals surface area contributed by atoms with E-state index < -0.39 is 0 Å². The number of rotatable bonds is 5. The molecule has 0 N–H and O–H groups in total. The number of allylic oxidation sites excluding steroid dienone is 1. The first-order valence-corrected chi connectivity index (χ1v) is 4.79. The van der Waals surface area contributed by atoms with E-state index in [2.05, 4.69) is 20.8 Å². The highest BCUT2D eigenvalue weighted by Gasteiger charge is 2.07. The Balaban J connectivity index is 3.46. The van der Waals surface area contributed by atoms with Crippen molar-refractivity contribution in [1.82, 2.24) is 4.90 Å². The lowest BCUT2D eigenvalue weighted by atomic mass is 9.90. The zero-order valence-corrected chi connectivity index (χ0v) is 9.21. The molecule has 0 aliphatic rings. The third-order valence-electron chi connectivity index (χ3n) is 1.80. The minimum absolute atomic E-state index is 0.421. The van der Waals surface area contributed by atoms with Gasteiger partial charge in [-0.1, -0.05) is 26.8 Å². The van der Waals surface area contributed by atoms with Gasteiger partial charge in [0.2, 0.25) is 6.41 Å². The molecular weight excluding hydrogens is 162 g/mol. The second-order valence-corrected chi connectivity index (χ2v) is 4.61. The lowest BCUT2D eigenvalue weighted by Crippen LogP contribution is -2.06. The van der Waals surface area contributed by atoms with Crippen molar-refractivity contribution in [2.45, 2.75) is 40.0 Å². The molecule has 0 fully saturated rings. The number of carbonyl (C=O) groups is 1. The molecule has 0 saturated heterocycles. The van der Waals surface area contributed by atoms with Gasteiger partial charge < -0.3 is 4.90 Å². The number of nitrogens with zero attached hydrogens (tertiary/aromatic N) is 1. The van der Waals surface area contributed by atoms with Gasteiger partial charge in [0.1, 0.15) is 0 Å². The van der Waals surface area contributed by atoms with Crippen LogP contribution in [0.3, 0.4) is 0 Å². The monoisotopic (exact) mass is 183 g/mol. The molecule has 0 atom stereocenters. The van der Waals surface area contributed by atoms with E-state index in [1.165, 1.54) is 17.7 Å². The van der Waals surface area contributed by atoms with Crippen LogP contribution in [0, 0.1) is 5.41 Å². The van der Waals surface area contributed by atoms with Crippen LogP contribution in [-0.4, -0.2) is 18.4 Å². The van der Waals surface area contributed by atoms with Crippen molar-refractivity contribution in [3.8, 4) is 0 Å². The fraction of sp³-hybridized carbons (Fsp3) is 0.727. The first-order chi connectivity index (χ1) is 5.95. The summed E-state index contributed by atoms with van der Waals surface area (Å²) >= 11 is 0. The molecule has 0 rings (SSSR count). The summed E-state index contributed by atoms with van der Waals surface area (Å²) in [6.45, 7) is 6.73. The van der Waals surface area contributed by atoms with E-state index in [4.69, 9.17) is 0 Å². The Morgan fingerprint density at radius 2 is 1.92 bits per heavy atom. The average Bonchev–Trinajstić information content (AvgIpc) is 2.01. The summed E-state index contributed by atoms with van der Waals surface area (Å²) in [4.78, 5) is 11.7. The van der Waals surface area contributed by atoms with E-state index >= 15 is 0 Å². The van der Waals surface area contributed by atoms with Crippen LogP contribution >= 0.6 is 0 Å². The number of hydrogen-bond acceptors (Lipinski definition) is 1.